The summed E-state index contributed by atoms with van der Waals surface area (Å²) in [5, 5.41) is 0. The van der Waals surface area contributed by atoms with E-state index in [9.17, 15) is 14.4 Å². The number of hydrogen-bond donors (Lipinski definition) is 0. The van der Waals surface area contributed by atoms with Crippen LogP contribution in [0.25, 0.3) is 0 Å². The Morgan fingerprint density at radius 1 is 0.759 bits per heavy atom. The maximum atomic E-state index is 12.2. The predicted octanol–water partition coefficient (Wildman–Crippen LogP) is 4.47. The van der Waals surface area contributed by atoms with Crippen LogP contribution in [0.3, 0.4) is 0 Å². The molecule has 154 valence electrons. The molecule has 0 atom stereocenters. The van der Waals surface area contributed by atoms with Crippen LogP contribution < -0.4 is 4.74 Å². The lowest BCUT2D eigenvalue weighted by molar-refractivity contribution is 0.0474. The minimum atomic E-state index is -0.637. The fourth-order valence-electron chi connectivity index (χ4n) is 2.61. The van der Waals surface area contributed by atoms with E-state index in [0.717, 1.165) is 12.8 Å². The van der Waals surface area contributed by atoms with Crippen LogP contribution in [-0.2, 0) is 9.47 Å². The standard InChI is InChI=1S/C23H26O6/c1-3-4-5-6-15-28-20-13-11-17(12-14-20)21(24)16-29-23(26)19-9-7-18(8-10-19)22(25)27-2/h7-14H,3-6,15-16H2,1-2H3. The van der Waals surface area contributed by atoms with Crippen molar-refractivity contribution in [3.05, 3.63) is 65.2 Å². The summed E-state index contributed by atoms with van der Waals surface area (Å²) in [5.41, 5.74) is 1.02. The fraction of sp³-hybridized carbons (Fsp3) is 0.348. The molecule has 0 bridgehead atoms. The highest BCUT2D eigenvalue weighted by Crippen LogP contribution is 2.14. The largest absolute Gasteiger partial charge is 0.494 e. The van der Waals surface area contributed by atoms with Crippen LogP contribution in [0, 0.1) is 0 Å². The van der Waals surface area contributed by atoms with E-state index < -0.39 is 11.9 Å². The number of rotatable bonds is 11. The number of Topliss-reactive ketones (excluding diaryl/α,β-unsaturated/α-hetero) is 1. The SMILES string of the molecule is CCCCCCOc1ccc(C(=O)COC(=O)c2ccc(C(=O)OC)cc2)cc1. The van der Waals surface area contributed by atoms with Gasteiger partial charge in [-0.25, -0.2) is 9.59 Å². The van der Waals surface area contributed by atoms with Gasteiger partial charge in [0.2, 0.25) is 0 Å². The van der Waals surface area contributed by atoms with E-state index in [0.29, 0.717) is 23.5 Å². The first kappa shape index (κ1) is 22.1. The van der Waals surface area contributed by atoms with E-state index >= 15 is 0 Å². The third-order valence-electron chi connectivity index (χ3n) is 4.32. The Bertz CT molecular complexity index is 808. The smallest absolute Gasteiger partial charge is 0.338 e. The normalized spacial score (nSPS) is 10.3. The van der Waals surface area contributed by atoms with E-state index in [1.165, 1.54) is 44.2 Å². The van der Waals surface area contributed by atoms with Crippen molar-refractivity contribution < 1.29 is 28.6 Å². The van der Waals surface area contributed by atoms with E-state index in [4.69, 9.17) is 9.47 Å². The Labute approximate surface area is 170 Å². The van der Waals surface area contributed by atoms with E-state index in [2.05, 4.69) is 11.7 Å². The van der Waals surface area contributed by atoms with Crippen molar-refractivity contribution in [2.75, 3.05) is 20.3 Å². The van der Waals surface area contributed by atoms with Gasteiger partial charge >= 0.3 is 11.9 Å². The molecule has 0 aliphatic rings. The zero-order valence-corrected chi connectivity index (χ0v) is 16.8. The first-order valence-corrected chi connectivity index (χ1v) is 9.66. The number of ether oxygens (including phenoxy) is 3. The maximum absolute atomic E-state index is 12.2. The van der Waals surface area contributed by atoms with E-state index in [1.54, 1.807) is 24.3 Å². The van der Waals surface area contributed by atoms with Crippen molar-refractivity contribution >= 4 is 17.7 Å². The van der Waals surface area contributed by atoms with Crippen LogP contribution in [-0.4, -0.2) is 38.0 Å². The third-order valence-corrected chi connectivity index (χ3v) is 4.32. The zero-order valence-electron chi connectivity index (χ0n) is 16.8. The Morgan fingerprint density at radius 2 is 1.34 bits per heavy atom. The average molecular weight is 398 g/mol. The molecule has 0 fully saturated rings. The second-order valence-corrected chi connectivity index (χ2v) is 6.50. The second-order valence-electron chi connectivity index (χ2n) is 6.50. The van der Waals surface area contributed by atoms with Crippen molar-refractivity contribution in [3.8, 4) is 5.75 Å². The summed E-state index contributed by atoms with van der Waals surface area (Å²) in [4.78, 5) is 35.7. The van der Waals surface area contributed by atoms with Crippen LogP contribution in [0.5, 0.6) is 5.75 Å². The van der Waals surface area contributed by atoms with Gasteiger partial charge in [-0.3, -0.25) is 4.79 Å². The van der Waals surface area contributed by atoms with Crippen LogP contribution >= 0.6 is 0 Å². The molecular weight excluding hydrogens is 372 g/mol. The summed E-state index contributed by atoms with van der Waals surface area (Å²) in [6.07, 6.45) is 4.53. The summed E-state index contributed by atoms with van der Waals surface area (Å²) in [6, 6.07) is 12.6. The molecule has 0 aromatic heterocycles. The topological polar surface area (TPSA) is 78.9 Å². The summed E-state index contributed by atoms with van der Waals surface area (Å²) in [5.74, 6) is -0.727. The molecule has 0 N–H and O–H groups in total. The van der Waals surface area contributed by atoms with Crippen LogP contribution in [0.1, 0.15) is 63.7 Å². The number of hydrogen-bond acceptors (Lipinski definition) is 6. The molecular formula is C23H26O6. The van der Waals surface area contributed by atoms with Gasteiger partial charge in [-0.15, -0.1) is 0 Å². The average Bonchev–Trinajstić information content (AvgIpc) is 2.77. The number of carbonyl (C=O) groups excluding carboxylic acids is 3. The highest BCUT2D eigenvalue weighted by Gasteiger charge is 2.13. The first-order valence-electron chi connectivity index (χ1n) is 9.66. The molecule has 2 aromatic rings. The number of unbranched alkanes of at least 4 members (excludes halogenated alkanes) is 3. The molecule has 0 saturated carbocycles. The third kappa shape index (κ3) is 7.07. The molecule has 0 saturated heterocycles. The quantitative estimate of drug-likeness (QED) is 0.316. The van der Waals surface area contributed by atoms with Crippen LogP contribution in [0.2, 0.25) is 0 Å². The number of carbonyl (C=O) groups is 3. The molecule has 0 unspecified atom stereocenters. The lowest BCUT2D eigenvalue weighted by Crippen LogP contribution is -2.14. The zero-order chi connectivity index (χ0) is 21.1. The Morgan fingerprint density at radius 3 is 1.93 bits per heavy atom. The Balaban J connectivity index is 1.80. The molecule has 2 rings (SSSR count). The van der Waals surface area contributed by atoms with Gasteiger partial charge < -0.3 is 14.2 Å². The molecule has 29 heavy (non-hydrogen) atoms. The lowest BCUT2D eigenvalue weighted by Gasteiger charge is -2.08. The maximum Gasteiger partial charge on any atom is 0.338 e. The highest BCUT2D eigenvalue weighted by atomic mass is 16.5. The molecule has 0 aliphatic carbocycles. The van der Waals surface area contributed by atoms with E-state index in [1.807, 2.05) is 0 Å². The summed E-state index contributed by atoms with van der Waals surface area (Å²) >= 11 is 0. The van der Waals surface area contributed by atoms with Gasteiger partial charge in [0.15, 0.2) is 12.4 Å². The molecule has 6 nitrogen and oxygen atoms in total. The summed E-state index contributed by atoms with van der Waals surface area (Å²) in [6.45, 7) is 2.45. The Hall–Kier alpha value is -3.15. The van der Waals surface area contributed by atoms with Crippen molar-refractivity contribution in [2.24, 2.45) is 0 Å². The minimum absolute atomic E-state index is 0.247. The predicted molar refractivity (Wildman–Crippen MR) is 108 cm³/mol. The highest BCUT2D eigenvalue weighted by molar-refractivity contribution is 5.99. The van der Waals surface area contributed by atoms with Crippen molar-refractivity contribution in [1.29, 1.82) is 0 Å². The Kier molecular flexibility index (Phi) is 8.89. The van der Waals surface area contributed by atoms with Crippen molar-refractivity contribution in [1.82, 2.24) is 0 Å². The molecule has 2 aromatic carbocycles. The van der Waals surface area contributed by atoms with Crippen molar-refractivity contribution in [2.45, 2.75) is 32.6 Å². The second kappa shape index (κ2) is 11.6. The number of methoxy groups -OCH3 is 1. The van der Waals surface area contributed by atoms with Crippen LogP contribution in [0.15, 0.2) is 48.5 Å². The molecule has 0 amide bonds. The van der Waals surface area contributed by atoms with Crippen molar-refractivity contribution in [3.63, 3.8) is 0 Å². The molecule has 0 heterocycles. The number of esters is 2. The molecule has 6 heteroatoms. The summed E-state index contributed by atoms with van der Waals surface area (Å²) in [7, 11) is 1.28. The van der Waals surface area contributed by atoms with Gasteiger partial charge in [0.05, 0.1) is 24.8 Å². The summed E-state index contributed by atoms with van der Waals surface area (Å²) < 4.78 is 15.3. The lowest BCUT2D eigenvalue weighted by atomic mass is 10.1. The number of ketones is 1. The van der Waals surface area contributed by atoms with E-state index in [-0.39, 0.29) is 18.0 Å². The van der Waals surface area contributed by atoms with Crippen LogP contribution in [0.4, 0.5) is 0 Å². The number of benzene rings is 2. The fourth-order valence-corrected chi connectivity index (χ4v) is 2.61. The molecule has 0 spiro atoms. The molecule has 0 aliphatic heterocycles. The monoisotopic (exact) mass is 398 g/mol. The van der Waals surface area contributed by atoms with Gasteiger partial charge in [0, 0.05) is 5.56 Å². The molecule has 0 radical (unpaired) electrons. The van der Waals surface area contributed by atoms with Gasteiger partial charge in [-0.05, 0) is 55.0 Å². The van der Waals surface area contributed by atoms with Gasteiger partial charge in [-0.2, -0.15) is 0 Å². The van der Waals surface area contributed by atoms with Gasteiger partial charge in [0.25, 0.3) is 0 Å². The first-order chi connectivity index (χ1) is 14.0. The van der Waals surface area contributed by atoms with Gasteiger partial charge in [0.1, 0.15) is 5.75 Å². The van der Waals surface area contributed by atoms with Gasteiger partial charge in [-0.1, -0.05) is 26.2 Å². The minimum Gasteiger partial charge on any atom is -0.494 e.